The van der Waals surface area contributed by atoms with Gasteiger partial charge < -0.3 is 10.1 Å². The van der Waals surface area contributed by atoms with Crippen LogP contribution in [0.25, 0.3) is 11.7 Å². The highest BCUT2D eigenvalue weighted by molar-refractivity contribution is 6.09. The molecule has 0 radical (unpaired) electrons. The maximum absolute atomic E-state index is 13.4. The summed E-state index contributed by atoms with van der Waals surface area (Å²) in [6, 6.07) is 20.0. The fourth-order valence-electron chi connectivity index (χ4n) is 3.50. The molecule has 0 bridgehead atoms. The predicted molar refractivity (Wildman–Crippen MR) is 131 cm³/mol. The van der Waals surface area contributed by atoms with Crippen LogP contribution >= 0.6 is 0 Å². The maximum atomic E-state index is 13.4. The van der Waals surface area contributed by atoms with E-state index in [1.54, 1.807) is 36.5 Å². The molecule has 0 aliphatic carbocycles. The molecule has 2 heterocycles. The number of anilines is 1. The van der Waals surface area contributed by atoms with Gasteiger partial charge in [0.2, 0.25) is 5.88 Å². The smallest absolute Gasteiger partial charge is 0.269 e. The van der Waals surface area contributed by atoms with Crippen molar-refractivity contribution in [3.05, 3.63) is 105 Å². The third-order valence-corrected chi connectivity index (χ3v) is 5.18. The molecule has 34 heavy (non-hydrogen) atoms. The highest BCUT2D eigenvalue weighted by Gasteiger charge is 2.18. The lowest BCUT2D eigenvalue weighted by atomic mass is 10.1. The topological polar surface area (TPSA) is 96.5 Å². The van der Waals surface area contributed by atoms with Gasteiger partial charge in [-0.1, -0.05) is 30.3 Å². The minimum absolute atomic E-state index is 0.000508. The van der Waals surface area contributed by atoms with Gasteiger partial charge in [-0.05, 0) is 73.9 Å². The fourth-order valence-corrected chi connectivity index (χ4v) is 3.50. The van der Waals surface area contributed by atoms with Crippen LogP contribution in [0.4, 0.5) is 5.69 Å². The van der Waals surface area contributed by atoms with Crippen LogP contribution in [0.3, 0.4) is 0 Å². The van der Waals surface area contributed by atoms with E-state index in [-0.39, 0.29) is 17.0 Å². The fraction of sp³-hybridized carbons (Fsp3) is 0.111. The van der Waals surface area contributed by atoms with E-state index >= 15 is 0 Å². The summed E-state index contributed by atoms with van der Waals surface area (Å²) in [5.41, 5.74) is 2.98. The summed E-state index contributed by atoms with van der Waals surface area (Å²) >= 11 is 0. The van der Waals surface area contributed by atoms with Crippen molar-refractivity contribution in [1.82, 2.24) is 9.38 Å². The highest BCUT2D eigenvalue weighted by atomic mass is 16.5. The van der Waals surface area contributed by atoms with Crippen molar-refractivity contribution in [2.24, 2.45) is 0 Å². The number of carbonyl (C=O) groups excluding carboxylic acids is 1. The Morgan fingerprint density at radius 2 is 1.79 bits per heavy atom. The van der Waals surface area contributed by atoms with Gasteiger partial charge in [0.15, 0.2) is 0 Å². The Bertz CT molecular complexity index is 1540. The van der Waals surface area contributed by atoms with Crippen molar-refractivity contribution in [3.8, 4) is 17.7 Å². The number of nitrogens with one attached hydrogen (secondary N) is 1. The summed E-state index contributed by atoms with van der Waals surface area (Å²) in [6.45, 7) is 5.66. The van der Waals surface area contributed by atoms with Gasteiger partial charge in [-0.25, -0.2) is 0 Å². The summed E-state index contributed by atoms with van der Waals surface area (Å²) in [7, 11) is 0. The van der Waals surface area contributed by atoms with E-state index in [2.05, 4.69) is 10.3 Å². The van der Waals surface area contributed by atoms with Crippen molar-refractivity contribution in [2.75, 3.05) is 5.32 Å². The lowest BCUT2D eigenvalue weighted by molar-refractivity contribution is -0.112. The molecule has 0 saturated heterocycles. The number of hydrogen-bond acceptors (Lipinski definition) is 5. The van der Waals surface area contributed by atoms with Gasteiger partial charge in [-0.15, -0.1) is 0 Å². The first-order valence-electron chi connectivity index (χ1n) is 10.6. The second-order valence-electron chi connectivity index (χ2n) is 7.93. The second-order valence-corrected chi connectivity index (χ2v) is 7.93. The average molecular weight is 450 g/mol. The van der Waals surface area contributed by atoms with Crippen LogP contribution in [0.2, 0.25) is 0 Å². The van der Waals surface area contributed by atoms with E-state index in [0.717, 1.165) is 16.7 Å². The summed E-state index contributed by atoms with van der Waals surface area (Å²) in [5, 5.41) is 12.4. The second kappa shape index (κ2) is 9.43. The molecule has 2 aromatic heterocycles. The van der Waals surface area contributed by atoms with Crippen molar-refractivity contribution in [1.29, 1.82) is 5.26 Å². The molecule has 0 aliphatic rings. The third kappa shape index (κ3) is 4.71. The SMILES string of the molecule is Cc1cccc(NC(=O)/C(C#N)=C\c2c(Oc3cccc(C)c3)nc3c(C)cccn3c2=O)c1. The van der Waals surface area contributed by atoms with Crippen LogP contribution in [-0.2, 0) is 4.79 Å². The van der Waals surface area contributed by atoms with Crippen LogP contribution < -0.4 is 15.6 Å². The number of rotatable bonds is 5. The van der Waals surface area contributed by atoms with E-state index in [1.165, 1.54) is 10.5 Å². The monoisotopic (exact) mass is 450 g/mol. The van der Waals surface area contributed by atoms with E-state index in [0.29, 0.717) is 17.1 Å². The number of aromatic nitrogens is 2. The Balaban J connectivity index is 1.84. The molecule has 7 nitrogen and oxygen atoms in total. The predicted octanol–water partition coefficient (Wildman–Crippen LogP) is 4.96. The summed E-state index contributed by atoms with van der Waals surface area (Å²) in [5.74, 6) is -0.133. The number of benzene rings is 2. The molecule has 4 rings (SSSR count). The molecule has 0 saturated carbocycles. The number of aryl methyl sites for hydroxylation is 3. The molecule has 2 aromatic carbocycles. The minimum atomic E-state index is -0.636. The summed E-state index contributed by atoms with van der Waals surface area (Å²) in [4.78, 5) is 30.8. The normalized spacial score (nSPS) is 11.2. The Kier molecular flexibility index (Phi) is 6.24. The van der Waals surface area contributed by atoms with E-state index in [9.17, 15) is 14.9 Å². The Labute approximate surface area is 196 Å². The van der Waals surface area contributed by atoms with Crippen LogP contribution in [0.5, 0.6) is 11.6 Å². The molecule has 0 unspecified atom stereocenters. The van der Waals surface area contributed by atoms with Gasteiger partial charge in [0.1, 0.15) is 28.6 Å². The number of amides is 1. The maximum Gasteiger partial charge on any atom is 0.269 e. The molecule has 1 amide bonds. The molecule has 1 N–H and O–H groups in total. The number of pyridine rings is 1. The van der Waals surface area contributed by atoms with Crippen molar-refractivity contribution in [3.63, 3.8) is 0 Å². The minimum Gasteiger partial charge on any atom is -0.438 e. The van der Waals surface area contributed by atoms with E-state index in [1.807, 2.05) is 57.2 Å². The van der Waals surface area contributed by atoms with Crippen molar-refractivity contribution in [2.45, 2.75) is 20.8 Å². The highest BCUT2D eigenvalue weighted by Crippen LogP contribution is 2.25. The molecular weight excluding hydrogens is 428 g/mol. The lowest BCUT2D eigenvalue weighted by Crippen LogP contribution is -2.20. The third-order valence-electron chi connectivity index (χ3n) is 5.18. The van der Waals surface area contributed by atoms with Crippen LogP contribution in [-0.4, -0.2) is 15.3 Å². The lowest BCUT2D eigenvalue weighted by Gasteiger charge is -2.12. The summed E-state index contributed by atoms with van der Waals surface area (Å²) in [6.07, 6.45) is 2.81. The first-order chi connectivity index (χ1) is 16.4. The number of carbonyl (C=O) groups is 1. The number of hydrogen-bond donors (Lipinski definition) is 1. The Hall–Kier alpha value is -4.70. The molecule has 7 heteroatoms. The van der Waals surface area contributed by atoms with E-state index < -0.39 is 11.5 Å². The molecule has 4 aromatic rings. The largest absolute Gasteiger partial charge is 0.438 e. The number of ether oxygens (including phenoxy) is 1. The molecule has 168 valence electrons. The van der Waals surface area contributed by atoms with Crippen LogP contribution in [0.15, 0.2) is 77.2 Å². The zero-order chi connectivity index (χ0) is 24.2. The Morgan fingerprint density at radius 3 is 2.50 bits per heavy atom. The number of nitriles is 1. The van der Waals surface area contributed by atoms with Gasteiger partial charge in [0.25, 0.3) is 11.5 Å². The van der Waals surface area contributed by atoms with Gasteiger partial charge in [0.05, 0.1) is 0 Å². The zero-order valence-corrected chi connectivity index (χ0v) is 19.0. The molecule has 0 atom stereocenters. The first-order valence-corrected chi connectivity index (χ1v) is 10.6. The molecule has 0 fully saturated rings. The standard InChI is InChI=1S/C27H22N4O3/c1-17-7-4-10-21(13-17)29-25(32)20(16-28)15-23-26(34-22-11-5-8-18(2)14-22)30-24-19(3)9-6-12-31(24)27(23)33/h4-15H,1-3H3,(H,29,32)/b20-15-. The summed E-state index contributed by atoms with van der Waals surface area (Å²) < 4.78 is 7.36. The van der Waals surface area contributed by atoms with E-state index in [4.69, 9.17) is 4.74 Å². The molecule has 0 aliphatic heterocycles. The van der Waals surface area contributed by atoms with Crippen LogP contribution in [0, 0.1) is 32.1 Å². The number of nitrogens with zero attached hydrogens (tertiary/aromatic N) is 3. The molecule has 0 spiro atoms. The van der Waals surface area contributed by atoms with Gasteiger partial charge in [-0.3, -0.25) is 14.0 Å². The van der Waals surface area contributed by atoms with Gasteiger partial charge in [-0.2, -0.15) is 10.2 Å². The number of fused-ring (bicyclic) bond motifs is 1. The van der Waals surface area contributed by atoms with Gasteiger partial charge in [0, 0.05) is 11.9 Å². The Morgan fingerprint density at radius 1 is 1.06 bits per heavy atom. The molecular formula is C27H22N4O3. The first kappa shape index (κ1) is 22.5. The van der Waals surface area contributed by atoms with Crippen molar-refractivity contribution < 1.29 is 9.53 Å². The average Bonchev–Trinajstić information content (AvgIpc) is 2.80. The van der Waals surface area contributed by atoms with Gasteiger partial charge >= 0.3 is 0 Å². The van der Waals surface area contributed by atoms with Crippen molar-refractivity contribution >= 4 is 23.3 Å². The quantitative estimate of drug-likeness (QED) is 0.342. The zero-order valence-electron chi connectivity index (χ0n) is 19.0. The van der Waals surface area contributed by atoms with Crippen LogP contribution in [0.1, 0.15) is 22.3 Å².